The number of Topliss-reactive ketones (excluding diaryl/α,β-unsaturated/α-hetero) is 1. The monoisotopic (exact) mass is 306 g/mol. The molecule has 0 aliphatic heterocycles. The van der Waals surface area contributed by atoms with E-state index in [1.807, 2.05) is 32.9 Å². The predicted molar refractivity (Wildman–Crippen MR) is 83.2 cm³/mol. The predicted octanol–water partition coefficient (Wildman–Crippen LogP) is 3.59. The highest BCUT2D eigenvalue weighted by Crippen LogP contribution is 2.22. The lowest BCUT2D eigenvalue weighted by atomic mass is 10.0. The van der Waals surface area contributed by atoms with Crippen molar-refractivity contribution < 1.29 is 9.53 Å². The van der Waals surface area contributed by atoms with Crippen LogP contribution in [0.15, 0.2) is 24.3 Å². The summed E-state index contributed by atoms with van der Waals surface area (Å²) >= 11 is 6.17. The van der Waals surface area contributed by atoms with E-state index in [0.717, 1.165) is 11.3 Å². The molecule has 112 valence electrons. The molecule has 0 radical (unpaired) electrons. The number of carbonyl (C=O) groups is 1. The molecule has 5 heteroatoms. The molecule has 0 N–H and O–H groups in total. The second-order valence-electron chi connectivity index (χ2n) is 5.27. The Morgan fingerprint density at radius 2 is 2.14 bits per heavy atom. The Balaban J connectivity index is 2.20. The van der Waals surface area contributed by atoms with Crippen LogP contribution < -0.4 is 4.74 Å². The van der Waals surface area contributed by atoms with Gasteiger partial charge in [0, 0.05) is 24.6 Å². The second kappa shape index (κ2) is 6.31. The summed E-state index contributed by atoms with van der Waals surface area (Å²) in [7, 11) is 1.76. The highest BCUT2D eigenvalue weighted by molar-refractivity contribution is 6.30. The Hall–Kier alpha value is -1.81. The summed E-state index contributed by atoms with van der Waals surface area (Å²) in [6.07, 6.45) is 0.314. The first-order chi connectivity index (χ1) is 9.88. The molecule has 0 spiro atoms. The molecule has 2 rings (SSSR count). The van der Waals surface area contributed by atoms with Crippen LogP contribution in [0.3, 0.4) is 0 Å². The van der Waals surface area contributed by atoms with Crippen LogP contribution in [0.1, 0.15) is 35.5 Å². The Bertz CT molecular complexity index is 662. The van der Waals surface area contributed by atoms with Gasteiger partial charge in [0.2, 0.25) is 0 Å². The third kappa shape index (κ3) is 3.64. The van der Waals surface area contributed by atoms with Crippen LogP contribution in [0.4, 0.5) is 0 Å². The number of aryl methyl sites for hydroxylation is 2. The van der Waals surface area contributed by atoms with Gasteiger partial charge in [-0.1, -0.05) is 23.7 Å². The Morgan fingerprint density at radius 3 is 2.71 bits per heavy atom. The largest absolute Gasteiger partial charge is 0.491 e. The van der Waals surface area contributed by atoms with Crippen molar-refractivity contribution in [3.05, 3.63) is 46.2 Å². The molecule has 0 fully saturated rings. The number of carbonyl (C=O) groups excluding carboxylic acids is 1. The average Bonchev–Trinajstić information content (AvgIpc) is 2.65. The van der Waals surface area contributed by atoms with E-state index >= 15 is 0 Å². The SMILES string of the molecule is Cc1nn(C)c(Cl)c1CC(=O)c1cccc(OC(C)C)c1. The van der Waals surface area contributed by atoms with Crippen LogP contribution in [0, 0.1) is 6.92 Å². The summed E-state index contributed by atoms with van der Waals surface area (Å²) in [5, 5.41) is 4.73. The lowest BCUT2D eigenvalue weighted by molar-refractivity contribution is 0.0992. The van der Waals surface area contributed by atoms with E-state index in [-0.39, 0.29) is 18.3 Å². The fraction of sp³-hybridized carbons (Fsp3) is 0.375. The number of ketones is 1. The van der Waals surface area contributed by atoms with Crippen molar-refractivity contribution in [1.82, 2.24) is 9.78 Å². The summed E-state index contributed by atoms with van der Waals surface area (Å²) in [6.45, 7) is 5.76. The van der Waals surface area contributed by atoms with Gasteiger partial charge >= 0.3 is 0 Å². The quantitative estimate of drug-likeness (QED) is 0.793. The van der Waals surface area contributed by atoms with Crippen molar-refractivity contribution in [3.8, 4) is 5.75 Å². The van der Waals surface area contributed by atoms with Crippen LogP contribution in [0.5, 0.6) is 5.75 Å². The lowest BCUT2D eigenvalue weighted by Crippen LogP contribution is -2.08. The number of halogens is 1. The molecule has 21 heavy (non-hydrogen) atoms. The van der Waals surface area contributed by atoms with Crippen molar-refractivity contribution in [2.24, 2.45) is 7.05 Å². The van der Waals surface area contributed by atoms with Gasteiger partial charge in [-0.3, -0.25) is 9.48 Å². The normalized spacial score (nSPS) is 11.0. The fourth-order valence-corrected chi connectivity index (χ4v) is 2.39. The van der Waals surface area contributed by atoms with Crippen LogP contribution in [-0.4, -0.2) is 21.7 Å². The van der Waals surface area contributed by atoms with Crippen molar-refractivity contribution in [2.75, 3.05) is 0 Å². The highest BCUT2D eigenvalue weighted by Gasteiger charge is 2.16. The van der Waals surface area contributed by atoms with Crippen LogP contribution in [0.25, 0.3) is 0 Å². The molecule has 0 bridgehead atoms. The van der Waals surface area contributed by atoms with E-state index in [2.05, 4.69) is 5.10 Å². The Kier molecular flexibility index (Phi) is 4.68. The van der Waals surface area contributed by atoms with Gasteiger partial charge in [0.1, 0.15) is 10.9 Å². The van der Waals surface area contributed by atoms with Gasteiger partial charge in [0.25, 0.3) is 0 Å². The van der Waals surface area contributed by atoms with Gasteiger partial charge in [-0.05, 0) is 32.9 Å². The van der Waals surface area contributed by atoms with E-state index in [1.54, 1.807) is 23.9 Å². The zero-order chi connectivity index (χ0) is 15.6. The maximum atomic E-state index is 12.4. The van der Waals surface area contributed by atoms with Gasteiger partial charge in [-0.15, -0.1) is 0 Å². The van der Waals surface area contributed by atoms with Crippen molar-refractivity contribution >= 4 is 17.4 Å². The minimum atomic E-state index is 0.00204. The van der Waals surface area contributed by atoms with Crippen molar-refractivity contribution in [2.45, 2.75) is 33.3 Å². The molecule has 0 amide bonds. The first-order valence-corrected chi connectivity index (χ1v) is 7.24. The minimum Gasteiger partial charge on any atom is -0.491 e. The van der Waals surface area contributed by atoms with Gasteiger partial charge in [-0.25, -0.2) is 0 Å². The first kappa shape index (κ1) is 15.6. The number of rotatable bonds is 5. The van der Waals surface area contributed by atoms with E-state index in [0.29, 0.717) is 16.5 Å². The maximum absolute atomic E-state index is 12.4. The number of hydrogen-bond donors (Lipinski definition) is 0. The van der Waals surface area contributed by atoms with E-state index in [4.69, 9.17) is 16.3 Å². The molecule has 4 nitrogen and oxygen atoms in total. The van der Waals surface area contributed by atoms with Crippen LogP contribution in [-0.2, 0) is 13.5 Å². The first-order valence-electron chi connectivity index (χ1n) is 6.86. The van der Waals surface area contributed by atoms with E-state index in [1.165, 1.54) is 0 Å². The molecule has 0 aliphatic carbocycles. The summed E-state index contributed by atoms with van der Waals surface area (Å²) in [5.74, 6) is 0.701. The molecular formula is C16H19ClN2O2. The average molecular weight is 307 g/mol. The molecule has 1 aromatic heterocycles. The zero-order valence-corrected chi connectivity index (χ0v) is 13.4. The minimum absolute atomic E-state index is 0.00204. The number of benzene rings is 1. The summed E-state index contributed by atoms with van der Waals surface area (Å²) in [4.78, 5) is 12.4. The molecule has 0 saturated carbocycles. The number of nitrogens with zero attached hydrogens (tertiary/aromatic N) is 2. The van der Waals surface area contributed by atoms with Gasteiger partial charge < -0.3 is 4.74 Å². The molecule has 0 aliphatic rings. The standard InChI is InChI=1S/C16H19ClN2O2/c1-10(2)21-13-7-5-6-12(8-13)15(20)9-14-11(3)18-19(4)16(14)17/h5-8,10H,9H2,1-4H3. The van der Waals surface area contributed by atoms with Crippen LogP contribution in [0.2, 0.25) is 5.15 Å². The Labute approximate surface area is 129 Å². The molecule has 0 atom stereocenters. The topological polar surface area (TPSA) is 44.1 Å². The van der Waals surface area contributed by atoms with Gasteiger partial charge in [0.15, 0.2) is 5.78 Å². The molecule has 2 aromatic rings. The molecular weight excluding hydrogens is 288 g/mol. The molecule has 1 heterocycles. The number of aromatic nitrogens is 2. The number of hydrogen-bond acceptors (Lipinski definition) is 3. The zero-order valence-electron chi connectivity index (χ0n) is 12.7. The smallest absolute Gasteiger partial charge is 0.167 e. The summed E-state index contributed by atoms with van der Waals surface area (Å²) in [5.41, 5.74) is 2.18. The van der Waals surface area contributed by atoms with Gasteiger partial charge in [0.05, 0.1) is 11.8 Å². The summed E-state index contributed by atoms with van der Waals surface area (Å²) in [6, 6.07) is 7.22. The third-order valence-corrected chi connectivity index (χ3v) is 3.61. The van der Waals surface area contributed by atoms with E-state index < -0.39 is 0 Å². The lowest BCUT2D eigenvalue weighted by Gasteiger charge is -2.10. The Morgan fingerprint density at radius 1 is 1.43 bits per heavy atom. The fourth-order valence-electron chi connectivity index (χ4n) is 2.15. The summed E-state index contributed by atoms with van der Waals surface area (Å²) < 4.78 is 7.19. The third-order valence-electron chi connectivity index (χ3n) is 3.14. The molecule has 0 unspecified atom stereocenters. The van der Waals surface area contributed by atoms with E-state index in [9.17, 15) is 4.79 Å². The second-order valence-corrected chi connectivity index (χ2v) is 5.63. The number of ether oxygens (including phenoxy) is 1. The van der Waals surface area contributed by atoms with Crippen molar-refractivity contribution in [1.29, 1.82) is 0 Å². The van der Waals surface area contributed by atoms with Crippen molar-refractivity contribution in [3.63, 3.8) is 0 Å². The van der Waals surface area contributed by atoms with Gasteiger partial charge in [-0.2, -0.15) is 5.10 Å². The highest BCUT2D eigenvalue weighted by atomic mass is 35.5. The van der Waals surface area contributed by atoms with Crippen LogP contribution >= 0.6 is 11.6 Å². The molecule has 1 aromatic carbocycles. The maximum Gasteiger partial charge on any atom is 0.167 e. The molecule has 0 saturated heterocycles.